The van der Waals surface area contributed by atoms with E-state index < -0.39 is 0 Å². The van der Waals surface area contributed by atoms with Crippen LogP contribution in [0.5, 0.6) is 0 Å². The van der Waals surface area contributed by atoms with E-state index in [1.54, 1.807) is 0 Å². The topological polar surface area (TPSA) is 34.9 Å². The Balaban J connectivity index is 1.80. The molecule has 0 saturated carbocycles. The molecular weight excluding hydrogens is 332 g/mol. The van der Waals surface area contributed by atoms with E-state index in [2.05, 4.69) is 12.1 Å². The van der Waals surface area contributed by atoms with Crippen molar-refractivity contribution in [1.29, 1.82) is 0 Å². The van der Waals surface area contributed by atoms with Gasteiger partial charge in [-0.3, -0.25) is 9.36 Å². The normalized spacial score (nSPS) is 11.0. The first-order valence-electron chi connectivity index (χ1n) is 9.29. The van der Waals surface area contributed by atoms with Gasteiger partial charge in [-0.2, -0.15) is 0 Å². The van der Waals surface area contributed by atoms with Gasteiger partial charge in [0.25, 0.3) is 5.56 Å². The molecule has 0 bridgehead atoms. The maximum Gasteiger partial charge on any atom is 0.261 e. The van der Waals surface area contributed by atoms with Crippen molar-refractivity contribution in [3.05, 3.63) is 112 Å². The van der Waals surface area contributed by atoms with E-state index in [-0.39, 0.29) is 5.56 Å². The summed E-state index contributed by atoms with van der Waals surface area (Å²) in [4.78, 5) is 18.1. The third-order valence-electron chi connectivity index (χ3n) is 4.93. The van der Waals surface area contributed by atoms with Crippen molar-refractivity contribution in [2.24, 2.45) is 0 Å². The second-order valence-electron chi connectivity index (χ2n) is 6.86. The maximum absolute atomic E-state index is 13.2. The highest BCUT2D eigenvalue weighted by molar-refractivity contribution is 5.80. The molecule has 0 aliphatic rings. The van der Waals surface area contributed by atoms with Crippen molar-refractivity contribution in [3.63, 3.8) is 0 Å². The molecule has 0 unspecified atom stereocenters. The fourth-order valence-electron chi connectivity index (χ4n) is 3.45. The van der Waals surface area contributed by atoms with Crippen LogP contribution in [0.1, 0.15) is 22.5 Å². The minimum absolute atomic E-state index is 0.0376. The number of nitrogens with zero attached hydrogens (tertiary/aromatic N) is 2. The zero-order chi connectivity index (χ0) is 18.6. The van der Waals surface area contributed by atoms with Gasteiger partial charge in [0, 0.05) is 6.42 Å². The van der Waals surface area contributed by atoms with Crippen molar-refractivity contribution in [3.8, 4) is 0 Å². The Bertz CT molecular complexity index is 1120. The quantitative estimate of drug-likeness (QED) is 0.527. The monoisotopic (exact) mass is 354 g/mol. The lowest BCUT2D eigenvalue weighted by Gasteiger charge is -2.15. The summed E-state index contributed by atoms with van der Waals surface area (Å²) in [6.07, 6.45) is 1.59. The number of hydrogen-bond acceptors (Lipinski definition) is 2. The molecule has 0 N–H and O–H groups in total. The molecule has 1 aromatic heterocycles. The highest BCUT2D eigenvalue weighted by atomic mass is 16.1. The van der Waals surface area contributed by atoms with Crippen LogP contribution in [-0.4, -0.2) is 9.55 Å². The van der Waals surface area contributed by atoms with Gasteiger partial charge in [0.15, 0.2) is 0 Å². The van der Waals surface area contributed by atoms with Gasteiger partial charge in [-0.05, 0) is 36.1 Å². The van der Waals surface area contributed by atoms with Gasteiger partial charge in [-0.1, -0.05) is 72.8 Å². The van der Waals surface area contributed by atoms with Crippen LogP contribution < -0.4 is 5.56 Å². The van der Waals surface area contributed by atoms with Gasteiger partial charge >= 0.3 is 0 Å². The van der Waals surface area contributed by atoms with Crippen molar-refractivity contribution in [2.75, 3.05) is 0 Å². The maximum atomic E-state index is 13.2. The lowest BCUT2D eigenvalue weighted by molar-refractivity contribution is 0.670. The molecule has 27 heavy (non-hydrogen) atoms. The van der Waals surface area contributed by atoms with Gasteiger partial charge in [0.2, 0.25) is 0 Å². The Morgan fingerprint density at radius 1 is 0.778 bits per heavy atom. The average molecular weight is 354 g/mol. The molecule has 0 radical (unpaired) electrons. The highest BCUT2D eigenvalue weighted by Gasteiger charge is 2.13. The number of para-hydroxylation sites is 1. The molecule has 0 aliphatic heterocycles. The molecule has 0 aliphatic carbocycles. The first-order valence-corrected chi connectivity index (χ1v) is 9.29. The second kappa shape index (κ2) is 7.58. The molecule has 3 nitrogen and oxygen atoms in total. The average Bonchev–Trinajstić information content (AvgIpc) is 2.71. The largest absolute Gasteiger partial charge is 0.292 e. The molecule has 0 amide bonds. The highest BCUT2D eigenvalue weighted by Crippen LogP contribution is 2.15. The van der Waals surface area contributed by atoms with Crippen LogP contribution in [0.15, 0.2) is 83.7 Å². The molecule has 134 valence electrons. The summed E-state index contributed by atoms with van der Waals surface area (Å²) in [5, 5.41) is 0.689. The van der Waals surface area contributed by atoms with E-state index >= 15 is 0 Å². The lowest BCUT2D eigenvalue weighted by atomic mass is 10.1. The zero-order valence-corrected chi connectivity index (χ0v) is 15.4. The fraction of sp³-hybridized carbons (Fsp3) is 0.167. The van der Waals surface area contributed by atoms with Gasteiger partial charge in [-0.15, -0.1) is 0 Å². The Morgan fingerprint density at radius 2 is 1.44 bits per heavy atom. The summed E-state index contributed by atoms with van der Waals surface area (Å²) in [5.74, 6) is 0.842. The van der Waals surface area contributed by atoms with Crippen LogP contribution in [0.4, 0.5) is 0 Å². The van der Waals surface area contributed by atoms with Crippen molar-refractivity contribution in [2.45, 2.75) is 26.3 Å². The van der Waals surface area contributed by atoms with Crippen LogP contribution >= 0.6 is 0 Å². The molecule has 4 aromatic rings. The Morgan fingerprint density at radius 3 is 2.15 bits per heavy atom. The van der Waals surface area contributed by atoms with E-state index in [0.717, 1.165) is 35.3 Å². The Labute approximate surface area is 158 Å². The second-order valence-corrected chi connectivity index (χ2v) is 6.86. The number of rotatable bonds is 5. The molecule has 0 atom stereocenters. The van der Waals surface area contributed by atoms with Gasteiger partial charge in [-0.25, -0.2) is 4.98 Å². The van der Waals surface area contributed by atoms with Gasteiger partial charge in [0.05, 0.1) is 17.4 Å². The summed E-state index contributed by atoms with van der Waals surface area (Å²) in [6.45, 7) is 2.55. The lowest BCUT2D eigenvalue weighted by Crippen LogP contribution is -2.26. The molecule has 1 heterocycles. The van der Waals surface area contributed by atoms with Crippen LogP contribution in [0, 0.1) is 6.92 Å². The summed E-state index contributed by atoms with van der Waals surface area (Å²) < 4.78 is 1.83. The minimum Gasteiger partial charge on any atom is -0.292 e. The Kier molecular flexibility index (Phi) is 4.84. The van der Waals surface area contributed by atoms with Crippen LogP contribution in [0.3, 0.4) is 0 Å². The predicted molar refractivity (Wildman–Crippen MR) is 110 cm³/mol. The minimum atomic E-state index is 0.0376. The zero-order valence-electron chi connectivity index (χ0n) is 15.4. The third kappa shape index (κ3) is 3.68. The molecule has 0 saturated heterocycles. The third-order valence-corrected chi connectivity index (χ3v) is 4.93. The predicted octanol–water partition coefficient (Wildman–Crippen LogP) is 4.54. The molecule has 3 aromatic carbocycles. The summed E-state index contributed by atoms with van der Waals surface area (Å²) in [5.41, 5.74) is 4.25. The van der Waals surface area contributed by atoms with Gasteiger partial charge in [0.1, 0.15) is 5.82 Å². The van der Waals surface area contributed by atoms with Crippen LogP contribution in [0.2, 0.25) is 0 Å². The molecule has 3 heteroatoms. The molecule has 4 rings (SSSR count). The summed E-state index contributed by atoms with van der Waals surface area (Å²) in [7, 11) is 0. The summed E-state index contributed by atoms with van der Waals surface area (Å²) in [6, 6.07) is 26.3. The van der Waals surface area contributed by atoms with Gasteiger partial charge < -0.3 is 0 Å². The number of benzene rings is 3. The number of aryl methyl sites for hydroxylation is 3. The van der Waals surface area contributed by atoms with E-state index in [4.69, 9.17) is 4.98 Å². The Hall–Kier alpha value is -3.20. The molecule has 0 fully saturated rings. The molecule has 0 spiro atoms. The van der Waals surface area contributed by atoms with Crippen molar-refractivity contribution >= 4 is 10.9 Å². The SMILES string of the molecule is Cc1cccc2c(=O)n(Cc3ccccc3)c(CCc3ccccc3)nc12. The van der Waals surface area contributed by atoms with E-state index in [0.29, 0.717) is 11.9 Å². The van der Waals surface area contributed by atoms with Crippen LogP contribution in [-0.2, 0) is 19.4 Å². The standard InChI is InChI=1S/C24H22N2O/c1-18-9-8-14-21-23(18)25-22(16-15-19-10-4-2-5-11-19)26(24(21)27)17-20-12-6-3-7-13-20/h2-14H,15-17H2,1H3. The number of fused-ring (bicyclic) bond motifs is 1. The smallest absolute Gasteiger partial charge is 0.261 e. The van der Waals surface area contributed by atoms with E-state index in [1.165, 1.54) is 5.56 Å². The number of aromatic nitrogens is 2. The van der Waals surface area contributed by atoms with Crippen LogP contribution in [0.25, 0.3) is 10.9 Å². The van der Waals surface area contributed by atoms with E-state index in [9.17, 15) is 4.79 Å². The first-order chi connectivity index (χ1) is 13.2. The van der Waals surface area contributed by atoms with Crippen molar-refractivity contribution < 1.29 is 0 Å². The number of hydrogen-bond donors (Lipinski definition) is 0. The summed E-state index contributed by atoms with van der Waals surface area (Å²) >= 11 is 0. The van der Waals surface area contributed by atoms with Crippen molar-refractivity contribution in [1.82, 2.24) is 9.55 Å². The van der Waals surface area contributed by atoms with E-state index in [1.807, 2.05) is 78.2 Å². The fourth-order valence-corrected chi connectivity index (χ4v) is 3.45. The molecular formula is C24H22N2O. The first kappa shape index (κ1) is 17.2.